The molecule has 3 rings (SSSR count). The highest BCUT2D eigenvalue weighted by molar-refractivity contribution is 5.75. The van der Waals surface area contributed by atoms with Crippen molar-refractivity contribution in [2.75, 3.05) is 13.1 Å². The molecule has 2 aliphatic rings. The summed E-state index contributed by atoms with van der Waals surface area (Å²) in [5, 5.41) is 7.17. The first-order valence-electron chi connectivity index (χ1n) is 6.61. The van der Waals surface area contributed by atoms with Gasteiger partial charge >= 0.3 is 6.03 Å². The molecule has 0 saturated carbocycles. The maximum absolute atomic E-state index is 12.0. The second-order valence-electron chi connectivity index (χ2n) is 5.69. The second kappa shape index (κ2) is 4.00. The highest BCUT2D eigenvalue weighted by Gasteiger charge is 2.46. The number of carbonyl (C=O) groups is 1. The largest absolute Gasteiger partial charge is 0.336 e. The number of aryl methyl sites for hydroxylation is 1. The van der Waals surface area contributed by atoms with Crippen LogP contribution in [0.1, 0.15) is 32.4 Å². The summed E-state index contributed by atoms with van der Waals surface area (Å²) in [6.45, 7) is 6.58. The molecule has 2 aliphatic heterocycles. The van der Waals surface area contributed by atoms with E-state index in [-0.39, 0.29) is 17.5 Å². The Morgan fingerprint density at radius 1 is 1.50 bits per heavy atom. The van der Waals surface area contributed by atoms with Crippen molar-refractivity contribution in [1.82, 2.24) is 20.0 Å². The van der Waals surface area contributed by atoms with Gasteiger partial charge in [-0.1, -0.05) is 0 Å². The van der Waals surface area contributed by atoms with Crippen LogP contribution >= 0.6 is 0 Å². The Morgan fingerprint density at radius 3 is 3.06 bits per heavy atom. The van der Waals surface area contributed by atoms with Gasteiger partial charge in [-0.25, -0.2) is 4.79 Å². The Kier molecular flexibility index (Phi) is 2.57. The van der Waals surface area contributed by atoms with Crippen LogP contribution in [0.5, 0.6) is 0 Å². The minimum Gasteiger partial charge on any atom is -0.336 e. The lowest BCUT2D eigenvalue weighted by atomic mass is 9.83. The molecule has 0 aromatic carbocycles. The molecule has 5 nitrogen and oxygen atoms in total. The van der Waals surface area contributed by atoms with Crippen LogP contribution in [0.25, 0.3) is 0 Å². The molecule has 5 heteroatoms. The summed E-state index contributed by atoms with van der Waals surface area (Å²) < 4.78 is 2.03. The Bertz CT molecular complexity index is 467. The van der Waals surface area contributed by atoms with Crippen molar-refractivity contribution in [3.63, 3.8) is 0 Å². The standard InChI is InChI=1S/C13H19N4O/c1-10(2)15-12(18)16-7-4-13(9-16)5-8-17-11(13)3-6-14-17/h3,10H,4-5,7-9H2,1-2H3,(H,15,18)/t13-/m1/s1. The average Bonchev–Trinajstić information content (AvgIpc) is 2.99. The highest BCUT2D eigenvalue weighted by atomic mass is 16.2. The first kappa shape index (κ1) is 11.6. The molecule has 0 unspecified atom stereocenters. The van der Waals surface area contributed by atoms with E-state index in [2.05, 4.69) is 16.6 Å². The van der Waals surface area contributed by atoms with Crippen LogP contribution in [-0.4, -0.2) is 39.8 Å². The summed E-state index contributed by atoms with van der Waals surface area (Å²) in [6.07, 6.45) is 5.05. The predicted molar refractivity (Wildman–Crippen MR) is 67.2 cm³/mol. The molecule has 1 N–H and O–H groups in total. The van der Waals surface area contributed by atoms with E-state index in [0.29, 0.717) is 0 Å². The number of nitrogens with one attached hydrogen (secondary N) is 1. The number of hydrogen-bond donors (Lipinski definition) is 1. The smallest absolute Gasteiger partial charge is 0.317 e. The molecule has 3 heterocycles. The number of rotatable bonds is 1. The van der Waals surface area contributed by atoms with Crippen LogP contribution in [-0.2, 0) is 12.0 Å². The molecular formula is C13H19N4O. The van der Waals surface area contributed by atoms with Gasteiger partial charge in [0.1, 0.15) is 6.20 Å². The SMILES string of the molecule is CC(C)NC(=O)N1CC[C@@]2(CCn3n[c]cc32)C1. The molecule has 1 saturated heterocycles. The van der Waals surface area contributed by atoms with E-state index in [1.807, 2.05) is 29.5 Å². The first-order chi connectivity index (χ1) is 8.61. The van der Waals surface area contributed by atoms with Gasteiger partial charge < -0.3 is 10.2 Å². The molecule has 1 aromatic rings. The summed E-state index contributed by atoms with van der Waals surface area (Å²) >= 11 is 0. The lowest BCUT2D eigenvalue weighted by Crippen LogP contribution is -2.43. The number of likely N-dealkylation sites (tertiary alicyclic amines) is 1. The minimum absolute atomic E-state index is 0.0591. The average molecular weight is 247 g/mol. The van der Waals surface area contributed by atoms with Crippen molar-refractivity contribution in [2.45, 2.75) is 44.7 Å². The fourth-order valence-electron chi connectivity index (χ4n) is 3.13. The van der Waals surface area contributed by atoms with Crippen LogP contribution in [0.2, 0.25) is 0 Å². The van der Waals surface area contributed by atoms with Crippen molar-refractivity contribution in [3.8, 4) is 0 Å². The number of urea groups is 1. The summed E-state index contributed by atoms with van der Waals surface area (Å²) in [5.74, 6) is 0. The normalized spacial score (nSPS) is 26.1. The van der Waals surface area contributed by atoms with Crippen molar-refractivity contribution in [1.29, 1.82) is 0 Å². The molecule has 1 atom stereocenters. The molecule has 2 amide bonds. The molecular weight excluding hydrogens is 228 g/mol. The van der Waals surface area contributed by atoms with Gasteiger partial charge in [0.15, 0.2) is 0 Å². The van der Waals surface area contributed by atoms with E-state index < -0.39 is 0 Å². The molecule has 0 bridgehead atoms. The van der Waals surface area contributed by atoms with Gasteiger partial charge in [-0.2, -0.15) is 5.10 Å². The number of nitrogens with zero attached hydrogens (tertiary/aromatic N) is 3. The molecule has 97 valence electrons. The number of amides is 2. The maximum Gasteiger partial charge on any atom is 0.317 e. The van der Waals surface area contributed by atoms with Crippen LogP contribution in [0.15, 0.2) is 6.07 Å². The van der Waals surface area contributed by atoms with Crippen molar-refractivity contribution in [2.24, 2.45) is 0 Å². The molecule has 1 radical (unpaired) electrons. The maximum atomic E-state index is 12.0. The van der Waals surface area contributed by atoms with Crippen LogP contribution in [0, 0.1) is 6.20 Å². The van der Waals surface area contributed by atoms with Gasteiger partial charge in [0, 0.05) is 36.8 Å². The van der Waals surface area contributed by atoms with E-state index in [0.717, 1.165) is 32.5 Å². The van der Waals surface area contributed by atoms with Crippen molar-refractivity contribution < 1.29 is 4.79 Å². The molecule has 1 aromatic heterocycles. The highest BCUT2D eigenvalue weighted by Crippen LogP contribution is 2.41. The predicted octanol–water partition coefficient (Wildman–Crippen LogP) is 1.15. The third kappa shape index (κ3) is 1.69. The van der Waals surface area contributed by atoms with Gasteiger partial charge in [0.2, 0.25) is 0 Å². The van der Waals surface area contributed by atoms with E-state index in [1.165, 1.54) is 5.69 Å². The number of aromatic nitrogens is 2. The molecule has 1 spiro atoms. The third-order valence-corrected chi connectivity index (χ3v) is 4.06. The van der Waals surface area contributed by atoms with Crippen LogP contribution in [0.4, 0.5) is 4.79 Å². The Morgan fingerprint density at radius 2 is 2.28 bits per heavy atom. The summed E-state index contributed by atoms with van der Waals surface area (Å²) in [6, 6.07) is 2.23. The lowest BCUT2D eigenvalue weighted by molar-refractivity contribution is 0.203. The topological polar surface area (TPSA) is 50.2 Å². The number of fused-ring (bicyclic) bond motifs is 2. The van der Waals surface area contributed by atoms with E-state index in [9.17, 15) is 4.79 Å². The van der Waals surface area contributed by atoms with Gasteiger partial charge in [-0.05, 0) is 32.8 Å². The Labute approximate surface area is 107 Å². The van der Waals surface area contributed by atoms with Crippen molar-refractivity contribution in [3.05, 3.63) is 18.0 Å². The summed E-state index contributed by atoms with van der Waals surface area (Å²) in [5.41, 5.74) is 1.38. The monoisotopic (exact) mass is 247 g/mol. The van der Waals surface area contributed by atoms with E-state index in [1.54, 1.807) is 0 Å². The fourth-order valence-corrected chi connectivity index (χ4v) is 3.13. The van der Waals surface area contributed by atoms with Gasteiger partial charge in [-0.15, -0.1) is 0 Å². The zero-order chi connectivity index (χ0) is 12.8. The minimum atomic E-state index is 0.0591. The molecule has 18 heavy (non-hydrogen) atoms. The van der Waals surface area contributed by atoms with Crippen LogP contribution < -0.4 is 5.32 Å². The summed E-state index contributed by atoms with van der Waals surface area (Å²) in [7, 11) is 0. The molecule has 0 aliphatic carbocycles. The number of hydrogen-bond acceptors (Lipinski definition) is 2. The third-order valence-electron chi connectivity index (χ3n) is 4.06. The second-order valence-corrected chi connectivity index (χ2v) is 5.69. The van der Waals surface area contributed by atoms with E-state index >= 15 is 0 Å². The van der Waals surface area contributed by atoms with Gasteiger partial charge in [-0.3, -0.25) is 4.68 Å². The zero-order valence-electron chi connectivity index (χ0n) is 10.9. The molecule has 1 fully saturated rings. The van der Waals surface area contributed by atoms with Gasteiger partial charge in [0.25, 0.3) is 0 Å². The van der Waals surface area contributed by atoms with Gasteiger partial charge in [0.05, 0.1) is 0 Å². The van der Waals surface area contributed by atoms with Crippen molar-refractivity contribution >= 4 is 6.03 Å². The lowest BCUT2D eigenvalue weighted by Gasteiger charge is -2.24. The zero-order valence-corrected chi connectivity index (χ0v) is 10.9. The number of carbonyl (C=O) groups excluding carboxylic acids is 1. The quantitative estimate of drug-likeness (QED) is 0.809. The Hall–Kier alpha value is -1.52. The van der Waals surface area contributed by atoms with Crippen LogP contribution in [0.3, 0.4) is 0 Å². The Balaban J connectivity index is 1.75. The summed E-state index contributed by atoms with van der Waals surface area (Å²) in [4.78, 5) is 14.0. The van der Waals surface area contributed by atoms with E-state index in [4.69, 9.17) is 0 Å². The fraction of sp³-hybridized carbons (Fsp3) is 0.692. The first-order valence-corrected chi connectivity index (χ1v) is 6.61.